The first-order valence-corrected chi connectivity index (χ1v) is 9.47. The van der Waals surface area contributed by atoms with Crippen LogP contribution >= 0.6 is 23.8 Å². The maximum atomic E-state index is 6.27. The minimum absolute atomic E-state index is 0.752. The molecule has 1 aromatic heterocycles. The van der Waals surface area contributed by atoms with Gasteiger partial charge in [-0.25, -0.2) is 0 Å². The van der Waals surface area contributed by atoms with Crippen molar-refractivity contribution in [3.8, 4) is 0 Å². The molecule has 0 spiro atoms. The van der Waals surface area contributed by atoms with Crippen LogP contribution in [0.25, 0.3) is 0 Å². The van der Waals surface area contributed by atoms with Gasteiger partial charge in [0.25, 0.3) is 0 Å². The summed E-state index contributed by atoms with van der Waals surface area (Å²) in [6, 6.07) is 12.3. The Hall–Kier alpha value is -1.49. The topological polar surface area (TPSA) is 19.4 Å². The molecular formula is C20H24ClN3S. The van der Waals surface area contributed by atoms with Crippen molar-refractivity contribution in [1.82, 2.24) is 14.8 Å². The van der Waals surface area contributed by atoms with Gasteiger partial charge in [-0.15, -0.1) is 0 Å². The number of nitrogens with zero attached hydrogens (tertiary/aromatic N) is 3. The molecule has 3 rings (SSSR count). The van der Waals surface area contributed by atoms with Gasteiger partial charge in [0.15, 0.2) is 0 Å². The van der Waals surface area contributed by atoms with Crippen LogP contribution < -0.4 is 0 Å². The predicted octanol–water partition coefficient (Wildman–Crippen LogP) is 4.04. The lowest BCUT2D eigenvalue weighted by Crippen LogP contribution is -2.48. The smallest absolute Gasteiger partial charge is 0.0840 e. The van der Waals surface area contributed by atoms with Crippen LogP contribution in [0.1, 0.15) is 22.5 Å². The van der Waals surface area contributed by atoms with E-state index in [1.54, 1.807) is 0 Å². The molecule has 0 amide bonds. The molecule has 5 heteroatoms. The second-order valence-electron chi connectivity index (χ2n) is 6.70. The number of pyridine rings is 1. The Bertz CT molecular complexity index is 734. The van der Waals surface area contributed by atoms with E-state index in [2.05, 4.69) is 39.9 Å². The fourth-order valence-corrected chi connectivity index (χ4v) is 3.83. The second kappa shape index (κ2) is 8.26. The summed E-state index contributed by atoms with van der Waals surface area (Å²) >= 11 is 12.0. The zero-order chi connectivity index (χ0) is 17.8. The van der Waals surface area contributed by atoms with Gasteiger partial charge in [0.1, 0.15) is 0 Å². The Morgan fingerprint density at radius 2 is 1.84 bits per heavy atom. The lowest BCUT2D eigenvalue weighted by molar-refractivity contribution is 0.176. The quantitative estimate of drug-likeness (QED) is 0.753. The SMILES string of the molecule is Cc1cc(C)nc(CC(=S)N2CCN(Cc3ccccc3Cl)CC2)c1. The summed E-state index contributed by atoms with van der Waals surface area (Å²) in [4.78, 5) is 10.4. The summed E-state index contributed by atoms with van der Waals surface area (Å²) < 4.78 is 0. The maximum absolute atomic E-state index is 6.27. The lowest BCUT2D eigenvalue weighted by atomic mass is 10.1. The van der Waals surface area contributed by atoms with Crippen LogP contribution in [0.5, 0.6) is 0 Å². The third-order valence-corrected chi connectivity index (χ3v) is 5.33. The monoisotopic (exact) mass is 373 g/mol. The predicted molar refractivity (Wildman–Crippen MR) is 108 cm³/mol. The highest BCUT2D eigenvalue weighted by Gasteiger charge is 2.20. The highest BCUT2D eigenvalue weighted by molar-refractivity contribution is 7.80. The van der Waals surface area contributed by atoms with E-state index in [1.165, 1.54) is 11.1 Å². The van der Waals surface area contributed by atoms with E-state index in [1.807, 2.05) is 25.1 Å². The molecule has 0 saturated carbocycles. The number of benzene rings is 1. The molecule has 0 atom stereocenters. The van der Waals surface area contributed by atoms with Gasteiger partial charge in [-0.3, -0.25) is 9.88 Å². The molecule has 0 bridgehead atoms. The van der Waals surface area contributed by atoms with Crippen LogP contribution in [-0.2, 0) is 13.0 Å². The molecule has 1 aromatic carbocycles. The summed E-state index contributed by atoms with van der Waals surface area (Å²) in [5.41, 5.74) is 4.57. The first-order chi connectivity index (χ1) is 12.0. The molecular weight excluding hydrogens is 350 g/mol. The molecule has 25 heavy (non-hydrogen) atoms. The Morgan fingerprint density at radius 3 is 2.52 bits per heavy atom. The first-order valence-electron chi connectivity index (χ1n) is 8.69. The highest BCUT2D eigenvalue weighted by atomic mass is 35.5. The molecule has 2 heterocycles. The number of rotatable bonds is 4. The Labute approximate surface area is 160 Å². The van der Waals surface area contributed by atoms with Crippen LogP contribution in [0, 0.1) is 13.8 Å². The van der Waals surface area contributed by atoms with E-state index in [0.29, 0.717) is 0 Å². The molecule has 1 aliphatic rings. The average Bonchev–Trinajstić information content (AvgIpc) is 2.56. The Balaban J connectivity index is 1.53. The van der Waals surface area contributed by atoms with E-state index in [0.717, 1.165) is 60.5 Å². The number of halogens is 1. The van der Waals surface area contributed by atoms with Crippen molar-refractivity contribution < 1.29 is 0 Å². The Morgan fingerprint density at radius 1 is 1.12 bits per heavy atom. The van der Waals surface area contributed by atoms with Gasteiger partial charge < -0.3 is 4.90 Å². The van der Waals surface area contributed by atoms with Crippen LogP contribution in [0.3, 0.4) is 0 Å². The van der Waals surface area contributed by atoms with Gasteiger partial charge in [-0.05, 0) is 43.2 Å². The van der Waals surface area contributed by atoms with Crippen LogP contribution in [0.4, 0.5) is 0 Å². The summed E-state index contributed by atoms with van der Waals surface area (Å²) in [5.74, 6) is 0. The van der Waals surface area contributed by atoms with Gasteiger partial charge in [0.05, 0.1) is 4.99 Å². The van der Waals surface area contributed by atoms with Crippen LogP contribution in [0.15, 0.2) is 36.4 Å². The summed E-state index contributed by atoms with van der Waals surface area (Å²) in [6.45, 7) is 8.99. The largest absolute Gasteiger partial charge is 0.363 e. The molecule has 1 aliphatic heterocycles. The number of piperazine rings is 1. The van der Waals surface area contributed by atoms with Crippen molar-refractivity contribution in [2.24, 2.45) is 0 Å². The van der Waals surface area contributed by atoms with Crippen molar-refractivity contribution in [1.29, 1.82) is 0 Å². The number of aromatic nitrogens is 1. The molecule has 132 valence electrons. The molecule has 2 aromatic rings. The first kappa shape index (κ1) is 18.3. The van der Waals surface area contributed by atoms with Crippen molar-refractivity contribution in [2.75, 3.05) is 26.2 Å². The number of thiocarbonyl (C=S) groups is 1. The minimum Gasteiger partial charge on any atom is -0.363 e. The summed E-state index contributed by atoms with van der Waals surface area (Å²) in [7, 11) is 0. The van der Waals surface area contributed by atoms with E-state index in [-0.39, 0.29) is 0 Å². The van der Waals surface area contributed by atoms with Gasteiger partial charge >= 0.3 is 0 Å². The van der Waals surface area contributed by atoms with E-state index in [4.69, 9.17) is 23.8 Å². The molecule has 3 nitrogen and oxygen atoms in total. The van der Waals surface area contributed by atoms with Crippen molar-refractivity contribution in [3.63, 3.8) is 0 Å². The van der Waals surface area contributed by atoms with Gasteiger partial charge in [0, 0.05) is 55.6 Å². The minimum atomic E-state index is 0.752. The molecule has 0 aliphatic carbocycles. The van der Waals surface area contributed by atoms with Crippen molar-refractivity contribution >= 4 is 28.8 Å². The number of hydrogen-bond donors (Lipinski definition) is 0. The number of aryl methyl sites for hydroxylation is 2. The third kappa shape index (κ3) is 5.00. The zero-order valence-corrected chi connectivity index (χ0v) is 16.4. The third-order valence-electron chi connectivity index (χ3n) is 4.56. The van der Waals surface area contributed by atoms with Gasteiger partial charge in [0.2, 0.25) is 0 Å². The maximum Gasteiger partial charge on any atom is 0.0840 e. The lowest BCUT2D eigenvalue weighted by Gasteiger charge is -2.36. The molecule has 1 fully saturated rings. The number of hydrogen-bond acceptors (Lipinski definition) is 3. The van der Waals surface area contributed by atoms with Gasteiger partial charge in [-0.1, -0.05) is 42.0 Å². The Kier molecular flexibility index (Phi) is 6.05. The van der Waals surface area contributed by atoms with E-state index in [9.17, 15) is 0 Å². The highest BCUT2D eigenvalue weighted by Crippen LogP contribution is 2.18. The molecule has 0 radical (unpaired) electrons. The molecule has 0 unspecified atom stereocenters. The second-order valence-corrected chi connectivity index (χ2v) is 7.58. The van der Waals surface area contributed by atoms with E-state index < -0.39 is 0 Å². The van der Waals surface area contributed by atoms with Crippen LogP contribution in [0.2, 0.25) is 5.02 Å². The molecule has 0 N–H and O–H groups in total. The fraction of sp³-hybridized carbons (Fsp3) is 0.400. The fourth-order valence-electron chi connectivity index (χ4n) is 3.31. The summed E-state index contributed by atoms with van der Waals surface area (Å²) in [6.07, 6.45) is 0.752. The standard InChI is InChI=1S/C20H24ClN3S/c1-15-11-16(2)22-18(12-15)13-20(25)24-9-7-23(8-10-24)14-17-5-3-4-6-19(17)21/h3-6,11-12H,7-10,13-14H2,1-2H3. The van der Waals surface area contributed by atoms with Crippen LogP contribution in [-0.4, -0.2) is 46.0 Å². The average molecular weight is 374 g/mol. The van der Waals surface area contributed by atoms with Gasteiger partial charge in [-0.2, -0.15) is 0 Å². The molecule has 1 saturated heterocycles. The summed E-state index contributed by atoms with van der Waals surface area (Å²) in [5, 5.41) is 0.848. The van der Waals surface area contributed by atoms with E-state index >= 15 is 0 Å². The van der Waals surface area contributed by atoms with Crippen molar-refractivity contribution in [2.45, 2.75) is 26.8 Å². The zero-order valence-electron chi connectivity index (χ0n) is 14.8. The normalized spacial score (nSPS) is 15.4. The van der Waals surface area contributed by atoms with Crippen molar-refractivity contribution in [3.05, 3.63) is 63.9 Å².